The maximum absolute atomic E-state index is 12.7. The zero-order valence-corrected chi connectivity index (χ0v) is 14.9. The zero-order chi connectivity index (χ0) is 17.4. The number of likely N-dealkylation sites (tertiary alicyclic amines) is 1. The molecule has 1 aromatic carbocycles. The zero-order valence-electron chi connectivity index (χ0n) is 14.1. The molecule has 2 fully saturated rings. The fourth-order valence-corrected chi connectivity index (χ4v) is 4.59. The van der Waals surface area contributed by atoms with Crippen LogP contribution in [0.5, 0.6) is 0 Å². The highest BCUT2D eigenvalue weighted by molar-refractivity contribution is 7.12. The second-order valence-electron chi connectivity index (χ2n) is 6.86. The molecule has 3 amide bonds. The average molecular weight is 355 g/mol. The highest BCUT2D eigenvalue weighted by Gasteiger charge is 2.47. The number of rotatable bonds is 3. The van der Waals surface area contributed by atoms with Crippen LogP contribution in [0.3, 0.4) is 0 Å². The summed E-state index contributed by atoms with van der Waals surface area (Å²) in [5, 5.41) is 8.04. The molecule has 5 nitrogen and oxygen atoms in total. The number of carbonyl (C=O) groups is 2. The van der Waals surface area contributed by atoms with Crippen molar-refractivity contribution in [1.82, 2.24) is 10.2 Å². The molecule has 3 atom stereocenters. The minimum absolute atomic E-state index is 0.0354. The topological polar surface area (TPSA) is 61.4 Å². The number of thiophene rings is 1. The van der Waals surface area contributed by atoms with Crippen LogP contribution in [0.1, 0.15) is 28.1 Å². The lowest BCUT2D eigenvalue weighted by atomic mass is 10.1. The summed E-state index contributed by atoms with van der Waals surface area (Å²) in [5.41, 5.74) is 1.89. The Labute approximate surface area is 151 Å². The van der Waals surface area contributed by atoms with Gasteiger partial charge in [0.1, 0.15) is 0 Å². The molecule has 2 heterocycles. The first-order chi connectivity index (χ1) is 12.1. The summed E-state index contributed by atoms with van der Waals surface area (Å²) in [5.74, 6) is 0.438. The van der Waals surface area contributed by atoms with Crippen molar-refractivity contribution in [1.29, 1.82) is 0 Å². The predicted octanol–water partition coefficient (Wildman–Crippen LogP) is 3.48. The van der Waals surface area contributed by atoms with Crippen LogP contribution in [0.2, 0.25) is 0 Å². The van der Waals surface area contributed by atoms with E-state index in [1.54, 1.807) is 0 Å². The molecular formula is C19H21N3O2S. The number of para-hydroxylation sites is 1. The van der Waals surface area contributed by atoms with Gasteiger partial charge in [-0.05, 0) is 48.8 Å². The molecule has 2 N–H and O–H groups in total. The van der Waals surface area contributed by atoms with E-state index in [1.165, 1.54) is 11.3 Å². The Morgan fingerprint density at radius 2 is 2.00 bits per heavy atom. The Kier molecular flexibility index (Phi) is 4.21. The SMILES string of the molecule is Cc1ccccc1NC(=O)N1C[C@@H]2C[C@H](NC(=O)c3cccs3)[C@H]1C2. The van der Waals surface area contributed by atoms with Crippen molar-refractivity contribution < 1.29 is 9.59 Å². The van der Waals surface area contributed by atoms with Gasteiger partial charge in [-0.2, -0.15) is 0 Å². The molecular weight excluding hydrogens is 334 g/mol. The molecule has 25 heavy (non-hydrogen) atoms. The van der Waals surface area contributed by atoms with Crippen LogP contribution in [-0.4, -0.2) is 35.5 Å². The van der Waals surface area contributed by atoms with Gasteiger partial charge in [-0.1, -0.05) is 24.3 Å². The van der Waals surface area contributed by atoms with E-state index >= 15 is 0 Å². The summed E-state index contributed by atoms with van der Waals surface area (Å²) in [6, 6.07) is 11.5. The summed E-state index contributed by atoms with van der Waals surface area (Å²) in [6.07, 6.45) is 1.92. The minimum atomic E-state index is -0.0723. The van der Waals surface area contributed by atoms with Crippen LogP contribution < -0.4 is 10.6 Å². The highest BCUT2D eigenvalue weighted by atomic mass is 32.1. The monoisotopic (exact) mass is 355 g/mol. The first-order valence-corrected chi connectivity index (χ1v) is 9.47. The third-order valence-corrected chi connectivity index (χ3v) is 6.06. The van der Waals surface area contributed by atoms with E-state index in [-0.39, 0.29) is 24.0 Å². The second kappa shape index (κ2) is 6.52. The first-order valence-electron chi connectivity index (χ1n) is 8.59. The summed E-state index contributed by atoms with van der Waals surface area (Å²) < 4.78 is 0. The molecule has 1 saturated carbocycles. The Hall–Kier alpha value is -2.34. The Bertz CT molecular complexity index is 790. The Balaban J connectivity index is 1.43. The number of benzene rings is 1. The van der Waals surface area contributed by atoms with Crippen molar-refractivity contribution in [3.8, 4) is 0 Å². The molecule has 0 unspecified atom stereocenters. The van der Waals surface area contributed by atoms with E-state index in [1.807, 2.05) is 53.6 Å². The smallest absolute Gasteiger partial charge is 0.322 e. The lowest BCUT2D eigenvalue weighted by molar-refractivity contribution is 0.0910. The molecule has 0 spiro atoms. The van der Waals surface area contributed by atoms with Crippen LogP contribution in [-0.2, 0) is 0 Å². The number of hydrogen-bond donors (Lipinski definition) is 2. The predicted molar refractivity (Wildman–Crippen MR) is 99.0 cm³/mol. The number of anilines is 1. The fourth-order valence-electron chi connectivity index (χ4n) is 3.96. The van der Waals surface area contributed by atoms with Gasteiger partial charge in [-0.3, -0.25) is 4.79 Å². The number of nitrogens with zero attached hydrogens (tertiary/aromatic N) is 1. The number of piperidine rings is 1. The summed E-state index contributed by atoms with van der Waals surface area (Å²) >= 11 is 1.44. The molecule has 2 aliphatic rings. The van der Waals surface area contributed by atoms with Gasteiger partial charge in [0, 0.05) is 12.2 Å². The molecule has 0 radical (unpaired) electrons. The van der Waals surface area contributed by atoms with Crippen molar-refractivity contribution >= 4 is 29.0 Å². The van der Waals surface area contributed by atoms with E-state index < -0.39 is 0 Å². The van der Waals surface area contributed by atoms with Crippen LogP contribution in [0.25, 0.3) is 0 Å². The number of fused-ring (bicyclic) bond motifs is 2. The molecule has 2 bridgehead atoms. The van der Waals surface area contributed by atoms with Crippen molar-refractivity contribution in [2.45, 2.75) is 31.8 Å². The number of carbonyl (C=O) groups excluding carboxylic acids is 2. The van der Waals surface area contributed by atoms with E-state index in [9.17, 15) is 9.59 Å². The van der Waals surface area contributed by atoms with Crippen LogP contribution in [0.4, 0.5) is 10.5 Å². The molecule has 1 aromatic heterocycles. The number of nitrogens with one attached hydrogen (secondary N) is 2. The van der Waals surface area contributed by atoms with E-state index in [0.29, 0.717) is 5.92 Å². The third-order valence-electron chi connectivity index (χ3n) is 5.19. The van der Waals surface area contributed by atoms with Crippen molar-refractivity contribution in [3.05, 3.63) is 52.2 Å². The standard InChI is InChI=1S/C19H21N3O2S/c1-12-5-2-3-6-14(12)21-19(24)22-11-13-9-15(16(22)10-13)20-18(23)17-7-4-8-25-17/h2-8,13,15-16H,9-11H2,1H3,(H,20,23)(H,21,24)/t13-,15+,16-/m1/s1. The Morgan fingerprint density at radius 3 is 2.72 bits per heavy atom. The second-order valence-corrected chi connectivity index (χ2v) is 7.81. The van der Waals surface area contributed by atoms with Gasteiger partial charge in [-0.25, -0.2) is 4.79 Å². The van der Waals surface area contributed by atoms with E-state index in [2.05, 4.69) is 10.6 Å². The number of urea groups is 1. The molecule has 6 heteroatoms. The van der Waals surface area contributed by atoms with Gasteiger partial charge in [0.05, 0.1) is 17.0 Å². The number of amides is 3. The van der Waals surface area contributed by atoms with Gasteiger partial charge >= 0.3 is 6.03 Å². The average Bonchev–Trinajstić information content (AvgIpc) is 3.33. The van der Waals surface area contributed by atoms with Gasteiger partial charge in [0.2, 0.25) is 0 Å². The largest absolute Gasteiger partial charge is 0.347 e. The van der Waals surface area contributed by atoms with Crippen LogP contribution in [0, 0.1) is 12.8 Å². The molecule has 1 aliphatic heterocycles. The normalized spacial score (nSPS) is 24.4. The van der Waals surface area contributed by atoms with Crippen LogP contribution in [0.15, 0.2) is 41.8 Å². The van der Waals surface area contributed by atoms with Crippen molar-refractivity contribution in [2.75, 3.05) is 11.9 Å². The number of hydrogen-bond acceptors (Lipinski definition) is 3. The summed E-state index contributed by atoms with van der Waals surface area (Å²) in [7, 11) is 0. The molecule has 1 aliphatic carbocycles. The lowest BCUT2D eigenvalue weighted by Crippen LogP contribution is -2.52. The van der Waals surface area contributed by atoms with Crippen molar-refractivity contribution in [2.24, 2.45) is 5.92 Å². The maximum Gasteiger partial charge on any atom is 0.322 e. The summed E-state index contributed by atoms with van der Waals surface area (Å²) in [4.78, 5) is 27.7. The van der Waals surface area contributed by atoms with Gasteiger partial charge in [-0.15, -0.1) is 11.3 Å². The molecule has 2 aromatic rings. The molecule has 4 rings (SSSR count). The fraction of sp³-hybridized carbons (Fsp3) is 0.368. The lowest BCUT2D eigenvalue weighted by Gasteiger charge is -2.33. The van der Waals surface area contributed by atoms with E-state index in [0.717, 1.165) is 35.5 Å². The van der Waals surface area contributed by atoms with Crippen molar-refractivity contribution in [3.63, 3.8) is 0 Å². The van der Waals surface area contributed by atoms with E-state index in [4.69, 9.17) is 0 Å². The Morgan fingerprint density at radius 1 is 1.16 bits per heavy atom. The third kappa shape index (κ3) is 3.14. The summed E-state index contributed by atoms with van der Waals surface area (Å²) in [6.45, 7) is 2.75. The van der Waals surface area contributed by atoms with Gasteiger partial charge < -0.3 is 15.5 Å². The van der Waals surface area contributed by atoms with Gasteiger partial charge in [0.15, 0.2) is 0 Å². The quantitative estimate of drug-likeness (QED) is 0.885. The minimum Gasteiger partial charge on any atom is -0.347 e. The maximum atomic E-state index is 12.7. The molecule has 1 saturated heterocycles. The van der Waals surface area contributed by atoms with Crippen LogP contribution >= 0.6 is 11.3 Å². The first kappa shape index (κ1) is 16.1. The molecule has 130 valence electrons. The number of aryl methyl sites for hydroxylation is 1. The van der Waals surface area contributed by atoms with Gasteiger partial charge in [0.25, 0.3) is 5.91 Å². The highest BCUT2D eigenvalue weighted by Crippen LogP contribution is 2.38.